The van der Waals surface area contributed by atoms with E-state index in [1.807, 2.05) is 19.9 Å². The number of hydrogen-bond donors (Lipinski definition) is 1. The lowest BCUT2D eigenvalue weighted by Crippen LogP contribution is -2.21. The lowest BCUT2D eigenvalue weighted by Gasteiger charge is -2.16. The Labute approximate surface area is 106 Å². The van der Waals surface area contributed by atoms with Crippen LogP contribution in [0.2, 0.25) is 5.02 Å². The van der Waals surface area contributed by atoms with Crippen LogP contribution in [-0.2, 0) is 4.74 Å². The van der Waals surface area contributed by atoms with Gasteiger partial charge >= 0.3 is 0 Å². The largest absolute Gasteiger partial charge is 0.454 e. The first kappa shape index (κ1) is 12.3. The summed E-state index contributed by atoms with van der Waals surface area (Å²) in [4.78, 5) is 0. The molecule has 0 aliphatic carbocycles. The number of hydrogen-bond acceptors (Lipinski definition) is 4. The molecule has 0 radical (unpaired) electrons. The highest BCUT2D eigenvalue weighted by Gasteiger charge is 2.17. The number of ether oxygens (including phenoxy) is 3. The Bertz CT molecular complexity index is 398. The Morgan fingerprint density at radius 1 is 1.41 bits per heavy atom. The average Bonchev–Trinajstić information content (AvgIpc) is 2.74. The van der Waals surface area contributed by atoms with Crippen molar-refractivity contribution < 1.29 is 14.2 Å². The molecule has 1 N–H and O–H groups in total. The molecule has 1 unspecified atom stereocenters. The molecule has 17 heavy (non-hydrogen) atoms. The van der Waals surface area contributed by atoms with Gasteiger partial charge in [0.1, 0.15) is 0 Å². The fraction of sp³-hybridized carbons (Fsp3) is 0.500. The van der Waals surface area contributed by atoms with Crippen LogP contribution in [0.15, 0.2) is 12.1 Å². The molecule has 2 rings (SSSR count). The zero-order valence-corrected chi connectivity index (χ0v) is 10.7. The fourth-order valence-corrected chi connectivity index (χ4v) is 1.84. The van der Waals surface area contributed by atoms with E-state index >= 15 is 0 Å². The quantitative estimate of drug-likeness (QED) is 0.881. The van der Waals surface area contributed by atoms with Gasteiger partial charge in [-0.25, -0.2) is 0 Å². The summed E-state index contributed by atoms with van der Waals surface area (Å²) < 4.78 is 15.9. The first-order chi connectivity index (χ1) is 8.20. The van der Waals surface area contributed by atoms with Crippen molar-refractivity contribution in [3.05, 3.63) is 17.2 Å². The monoisotopic (exact) mass is 257 g/mol. The third-order valence-electron chi connectivity index (χ3n) is 2.44. The van der Waals surface area contributed by atoms with Crippen molar-refractivity contribution in [2.45, 2.75) is 19.9 Å². The molecule has 1 aliphatic heterocycles. The van der Waals surface area contributed by atoms with Crippen molar-refractivity contribution in [1.29, 1.82) is 0 Å². The zero-order valence-electron chi connectivity index (χ0n) is 9.96. The lowest BCUT2D eigenvalue weighted by atomic mass is 10.2. The average molecular weight is 258 g/mol. The van der Waals surface area contributed by atoms with Crippen molar-refractivity contribution in [2.24, 2.45) is 0 Å². The maximum atomic E-state index is 6.15. The van der Waals surface area contributed by atoms with E-state index in [0.29, 0.717) is 24.0 Å². The molecule has 4 nitrogen and oxygen atoms in total. The van der Waals surface area contributed by atoms with Gasteiger partial charge in [0.25, 0.3) is 0 Å². The molecule has 1 aliphatic rings. The number of benzene rings is 1. The normalized spacial score (nSPS) is 14.8. The predicted molar refractivity (Wildman–Crippen MR) is 67.2 cm³/mol. The van der Waals surface area contributed by atoms with Crippen molar-refractivity contribution in [3.8, 4) is 11.5 Å². The van der Waals surface area contributed by atoms with Gasteiger partial charge in [0.05, 0.1) is 17.3 Å². The van der Waals surface area contributed by atoms with Crippen LogP contribution in [-0.4, -0.2) is 26.0 Å². The standard InChI is InChI=1S/C12H16ClNO3/c1-3-15-6-8(2)14-10-5-12-11(4-9(10)13)16-7-17-12/h4-5,8,14H,3,6-7H2,1-2H3. The van der Waals surface area contributed by atoms with Gasteiger partial charge < -0.3 is 19.5 Å². The molecule has 1 aromatic rings. The second kappa shape index (κ2) is 5.47. The summed E-state index contributed by atoms with van der Waals surface area (Å²) in [7, 11) is 0. The number of halogens is 1. The number of nitrogens with one attached hydrogen (secondary N) is 1. The lowest BCUT2D eigenvalue weighted by molar-refractivity contribution is 0.141. The van der Waals surface area contributed by atoms with Crippen LogP contribution in [0.4, 0.5) is 5.69 Å². The first-order valence-corrected chi connectivity index (χ1v) is 6.02. The topological polar surface area (TPSA) is 39.7 Å². The Morgan fingerprint density at radius 3 is 2.82 bits per heavy atom. The van der Waals surface area contributed by atoms with Gasteiger partial charge in [0.2, 0.25) is 6.79 Å². The summed E-state index contributed by atoms with van der Waals surface area (Å²) >= 11 is 6.15. The van der Waals surface area contributed by atoms with Gasteiger partial charge in [0.15, 0.2) is 11.5 Å². The molecule has 5 heteroatoms. The third kappa shape index (κ3) is 2.96. The van der Waals surface area contributed by atoms with E-state index in [1.54, 1.807) is 6.07 Å². The molecule has 1 aromatic carbocycles. The first-order valence-electron chi connectivity index (χ1n) is 5.64. The summed E-state index contributed by atoms with van der Waals surface area (Å²) in [5.74, 6) is 1.42. The molecule has 0 amide bonds. The number of anilines is 1. The second-order valence-corrected chi connectivity index (χ2v) is 4.30. The molecule has 0 bridgehead atoms. The van der Waals surface area contributed by atoms with Crippen LogP contribution >= 0.6 is 11.6 Å². The Morgan fingerprint density at radius 2 is 2.12 bits per heavy atom. The highest BCUT2D eigenvalue weighted by atomic mass is 35.5. The second-order valence-electron chi connectivity index (χ2n) is 3.89. The maximum absolute atomic E-state index is 6.15. The summed E-state index contributed by atoms with van der Waals surface area (Å²) in [6, 6.07) is 3.81. The van der Waals surface area contributed by atoms with E-state index in [4.69, 9.17) is 25.8 Å². The summed E-state index contributed by atoms with van der Waals surface area (Å²) in [5.41, 5.74) is 0.836. The summed E-state index contributed by atoms with van der Waals surface area (Å²) in [6.07, 6.45) is 0. The summed E-state index contributed by atoms with van der Waals surface area (Å²) in [6.45, 7) is 5.61. The van der Waals surface area contributed by atoms with Crippen LogP contribution in [0, 0.1) is 0 Å². The van der Waals surface area contributed by atoms with E-state index in [-0.39, 0.29) is 12.8 Å². The van der Waals surface area contributed by atoms with Gasteiger partial charge in [-0.05, 0) is 13.8 Å². The Balaban J connectivity index is 2.05. The van der Waals surface area contributed by atoms with Crippen LogP contribution in [0.3, 0.4) is 0 Å². The molecule has 0 aromatic heterocycles. The molecule has 0 saturated carbocycles. The van der Waals surface area contributed by atoms with Crippen LogP contribution in [0.25, 0.3) is 0 Å². The minimum Gasteiger partial charge on any atom is -0.454 e. The molecule has 94 valence electrons. The van der Waals surface area contributed by atoms with Crippen molar-refractivity contribution >= 4 is 17.3 Å². The highest BCUT2D eigenvalue weighted by molar-refractivity contribution is 6.33. The Hall–Kier alpha value is -1.13. The van der Waals surface area contributed by atoms with Crippen LogP contribution < -0.4 is 14.8 Å². The zero-order chi connectivity index (χ0) is 12.3. The maximum Gasteiger partial charge on any atom is 0.231 e. The SMILES string of the molecule is CCOCC(C)Nc1cc2c(cc1Cl)OCO2. The minimum absolute atomic E-state index is 0.188. The van der Waals surface area contributed by atoms with Crippen LogP contribution in [0.1, 0.15) is 13.8 Å². The molecule has 1 heterocycles. The highest BCUT2D eigenvalue weighted by Crippen LogP contribution is 2.39. The van der Waals surface area contributed by atoms with Gasteiger partial charge in [0, 0.05) is 24.8 Å². The van der Waals surface area contributed by atoms with Gasteiger partial charge in [-0.1, -0.05) is 11.6 Å². The minimum atomic E-state index is 0.188. The Kier molecular flexibility index (Phi) is 3.97. The number of rotatable bonds is 5. The molecular weight excluding hydrogens is 242 g/mol. The van der Waals surface area contributed by atoms with E-state index in [2.05, 4.69) is 5.32 Å². The predicted octanol–water partition coefficient (Wildman–Crippen LogP) is 2.91. The van der Waals surface area contributed by atoms with E-state index in [0.717, 1.165) is 11.4 Å². The molecular formula is C12H16ClNO3. The van der Waals surface area contributed by atoms with Crippen molar-refractivity contribution in [1.82, 2.24) is 0 Å². The van der Waals surface area contributed by atoms with Crippen molar-refractivity contribution in [3.63, 3.8) is 0 Å². The summed E-state index contributed by atoms with van der Waals surface area (Å²) in [5, 5.41) is 3.90. The smallest absolute Gasteiger partial charge is 0.231 e. The van der Waals surface area contributed by atoms with Gasteiger partial charge in [-0.15, -0.1) is 0 Å². The molecule has 0 fully saturated rings. The van der Waals surface area contributed by atoms with E-state index in [1.165, 1.54) is 0 Å². The number of fused-ring (bicyclic) bond motifs is 1. The fourth-order valence-electron chi connectivity index (χ4n) is 1.63. The third-order valence-corrected chi connectivity index (χ3v) is 2.75. The van der Waals surface area contributed by atoms with Gasteiger partial charge in [-0.2, -0.15) is 0 Å². The van der Waals surface area contributed by atoms with E-state index < -0.39 is 0 Å². The van der Waals surface area contributed by atoms with Crippen LogP contribution in [0.5, 0.6) is 11.5 Å². The molecule has 0 spiro atoms. The molecule has 1 atom stereocenters. The van der Waals surface area contributed by atoms with E-state index in [9.17, 15) is 0 Å². The van der Waals surface area contributed by atoms with Crippen molar-refractivity contribution in [2.75, 3.05) is 25.3 Å². The molecule has 0 saturated heterocycles. The van der Waals surface area contributed by atoms with Gasteiger partial charge in [-0.3, -0.25) is 0 Å².